The van der Waals surface area contributed by atoms with Crippen molar-refractivity contribution in [1.82, 2.24) is 40.5 Å². The van der Waals surface area contributed by atoms with Crippen LogP contribution in [0.4, 0.5) is 8.78 Å². The molecule has 0 spiro atoms. The van der Waals surface area contributed by atoms with Gasteiger partial charge in [0.1, 0.15) is 29.9 Å². The van der Waals surface area contributed by atoms with E-state index < -0.39 is 84.6 Å². The molecule has 24 heteroatoms. The number of nitrogens with two attached hydrogens (primary N) is 1. The topological polar surface area (TPSA) is 294 Å². The molecular weight excluding hydrogens is 1100 g/mol. The van der Waals surface area contributed by atoms with E-state index in [0.717, 1.165) is 84.7 Å². The summed E-state index contributed by atoms with van der Waals surface area (Å²) in [5, 5.41) is 8.59. The number of likely N-dealkylation sites (N-methyl/N-ethyl adjacent to an activating group) is 2. The average Bonchev–Trinajstić information content (AvgIpc) is 4.42. The van der Waals surface area contributed by atoms with Gasteiger partial charge in [-0.05, 0) is 100.0 Å². The molecule has 8 amide bonds. The highest BCUT2D eigenvalue weighted by molar-refractivity contribution is 7.52. The van der Waals surface area contributed by atoms with Crippen molar-refractivity contribution in [3.8, 4) is 11.8 Å². The highest BCUT2D eigenvalue weighted by atomic mass is 31.2. The van der Waals surface area contributed by atoms with Gasteiger partial charge in [0.15, 0.2) is 0 Å². The van der Waals surface area contributed by atoms with E-state index in [2.05, 4.69) is 32.8 Å². The third kappa shape index (κ3) is 14.9. The zero-order valence-corrected chi connectivity index (χ0v) is 47.5. The number of piperidine rings is 1. The smallest absolute Gasteiger partial charge is 0.379 e. The van der Waals surface area contributed by atoms with Crippen LogP contribution in [0.5, 0.6) is 0 Å². The molecular formula is C59H72F2N9O12P. The number of alkyl halides is 2. The van der Waals surface area contributed by atoms with Crippen LogP contribution in [0.15, 0.2) is 72.8 Å². The first-order valence-electron chi connectivity index (χ1n) is 28.2. The van der Waals surface area contributed by atoms with Crippen molar-refractivity contribution >= 4 is 65.8 Å². The van der Waals surface area contributed by atoms with Gasteiger partial charge in [-0.2, -0.15) is 8.78 Å². The molecule has 0 aliphatic carbocycles. The van der Waals surface area contributed by atoms with Crippen molar-refractivity contribution in [2.75, 3.05) is 40.4 Å². The van der Waals surface area contributed by atoms with Crippen molar-refractivity contribution in [3.63, 3.8) is 0 Å². The fraction of sp³-hybridized carbons (Fsp3) is 0.492. The Hall–Kier alpha value is -7.35. The number of carbonyl (C=O) groups excluding carboxylic acids is 8. The van der Waals surface area contributed by atoms with E-state index >= 15 is 0 Å². The number of aromatic nitrogens is 1. The lowest BCUT2D eigenvalue weighted by molar-refractivity contribution is -0.150. The van der Waals surface area contributed by atoms with Gasteiger partial charge in [0, 0.05) is 79.6 Å². The molecule has 0 bridgehead atoms. The van der Waals surface area contributed by atoms with Crippen molar-refractivity contribution in [2.45, 2.75) is 145 Å². The first-order valence-corrected chi connectivity index (χ1v) is 29.9. The number of amides is 8. The lowest BCUT2D eigenvalue weighted by Gasteiger charge is -2.38. The number of aromatic amines is 1. The number of imide groups is 1. The zero-order valence-electron chi connectivity index (χ0n) is 46.6. The fourth-order valence-electron chi connectivity index (χ4n) is 11.3. The molecule has 5 heterocycles. The number of carbonyl (C=O) groups is 8. The van der Waals surface area contributed by atoms with E-state index in [0.29, 0.717) is 44.4 Å². The minimum Gasteiger partial charge on any atom is -0.379 e. The van der Waals surface area contributed by atoms with Gasteiger partial charge < -0.3 is 55.9 Å². The van der Waals surface area contributed by atoms with Crippen LogP contribution < -0.4 is 21.7 Å². The van der Waals surface area contributed by atoms with Crippen molar-refractivity contribution in [2.24, 2.45) is 5.73 Å². The first-order chi connectivity index (χ1) is 39.6. The van der Waals surface area contributed by atoms with Crippen molar-refractivity contribution in [1.29, 1.82) is 0 Å². The fourth-order valence-corrected chi connectivity index (χ4v) is 11.8. The van der Waals surface area contributed by atoms with E-state index in [-0.39, 0.29) is 79.7 Å². The number of unbranched alkanes of at least 4 members (excludes halogenated alkanes) is 7. The lowest BCUT2D eigenvalue weighted by atomic mass is 10.0. The summed E-state index contributed by atoms with van der Waals surface area (Å²) in [4.78, 5) is 134. The van der Waals surface area contributed by atoms with Crippen molar-refractivity contribution < 1.29 is 66.2 Å². The Morgan fingerprint density at radius 2 is 1.61 bits per heavy atom. The van der Waals surface area contributed by atoms with Crippen molar-refractivity contribution in [3.05, 3.63) is 106 Å². The van der Waals surface area contributed by atoms with Gasteiger partial charge in [0.25, 0.3) is 17.7 Å². The number of nitrogens with zero attached hydrogens (tertiary/aromatic N) is 4. The molecule has 1 aromatic heterocycles. The number of primary amides is 1. The van der Waals surface area contributed by atoms with Gasteiger partial charge >= 0.3 is 13.3 Å². The molecule has 3 saturated heterocycles. The van der Waals surface area contributed by atoms with Crippen LogP contribution in [0.3, 0.4) is 0 Å². The molecule has 4 aliphatic heterocycles. The highest BCUT2D eigenvalue weighted by Gasteiger charge is 2.51. The largest absolute Gasteiger partial charge is 0.399 e. The standard InChI is InChI=1S/C59H72F2N9O12P/c1-67-30-29-41-22-25-49(70(41)57(77)47(35-67)65-54(74)46-33-39-32-40(21-23-44(39)63-46)59(60,61)83(79,80)81)55(75)64-45(24-27-51(62)71)53(73)66-48(38-17-12-10-13-18-38)36-82-31-14-9-7-5-3-4-6-8-11-16-37-19-15-20-42-43(37)34-69(56(42)76)50-26-28-52(72)68(2)58(50)78/h10,12-13,15,17-21,23,32-33,41,45,47-50,63H,3-9,14,22,24-31,34-36H2,1-2H3,(H2,62,71)(H,64,75)(H,65,74)(H,66,73)(H2,79,80,81)/t41-,45+,47+,48-,49+,50?/m1/s1. The van der Waals surface area contributed by atoms with Crippen LogP contribution in [-0.2, 0) is 50.3 Å². The summed E-state index contributed by atoms with van der Waals surface area (Å²) in [7, 11) is -2.63. The Morgan fingerprint density at radius 1 is 0.880 bits per heavy atom. The summed E-state index contributed by atoms with van der Waals surface area (Å²) < 4.78 is 46.7. The predicted octanol–water partition coefficient (Wildman–Crippen LogP) is 5.09. The van der Waals surface area contributed by atoms with E-state index in [9.17, 15) is 61.5 Å². The molecule has 6 atom stereocenters. The number of rotatable bonds is 24. The lowest BCUT2D eigenvalue weighted by Crippen LogP contribution is -2.61. The van der Waals surface area contributed by atoms with E-state index in [1.807, 2.05) is 41.3 Å². The molecule has 21 nitrogen and oxygen atoms in total. The number of ether oxygens (including phenoxy) is 1. The number of benzene rings is 3. The van der Waals surface area contributed by atoms with Gasteiger partial charge in [-0.3, -0.25) is 47.8 Å². The molecule has 444 valence electrons. The van der Waals surface area contributed by atoms with E-state index in [1.54, 1.807) is 24.1 Å². The predicted molar refractivity (Wildman–Crippen MR) is 301 cm³/mol. The SMILES string of the molecule is CN1CC[C@H]2CC[C@@H](C(=O)N[C@@H](CCC(N)=O)C(=O)N[C@H](COCCCCCCCCCC#Cc3cccc4c3CN(C3CCC(=O)N(C)C3=O)C4=O)c3ccccc3)N2C(=O)[C@@H](NC(=O)c2cc3cc(C(F)(F)P(=O)(O)O)ccc3[nH]2)C1. The van der Waals surface area contributed by atoms with Crippen LogP contribution in [0.25, 0.3) is 10.9 Å². The number of likely N-dealkylation sites (tertiary alicyclic amines) is 1. The molecule has 8 rings (SSSR count). The normalized spacial score (nSPS) is 20.2. The maximum absolute atomic E-state index is 14.5. The number of hydrogen-bond donors (Lipinski definition) is 7. The van der Waals surface area contributed by atoms with Gasteiger partial charge in [-0.25, -0.2) is 0 Å². The molecule has 4 aliphatic rings. The summed E-state index contributed by atoms with van der Waals surface area (Å²) in [6, 6.07) is 13.6. The van der Waals surface area contributed by atoms with Crippen LogP contribution in [0.2, 0.25) is 0 Å². The Morgan fingerprint density at radius 3 is 2.35 bits per heavy atom. The Bertz CT molecular complexity index is 3200. The molecule has 3 aromatic carbocycles. The maximum atomic E-state index is 14.5. The summed E-state index contributed by atoms with van der Waals surface area (Å²) in [6.45, 7) is 1.40. The zero-order chi connectivity index (χ0) is 59.6. The number of fused-ring (bicyclic) bond motifs is 3. The van der Waals surface area contributed by atoms with E-state index in [4.69, 9.17) is 10.5 Å². The second-order valence-corrected chi connectivity index (χ2v) is 23.5. The summed E-state index contributed by atoms with van der Waals surface area (Å²) >= 11 is 0. The third-order valence-electron chi connectivity index (χ3n) is 16.0. The highest BCUT2D eigenvalue weighted by Crippen LogP contribution is 2.59. The van der Waals surface area contributed by atoms with Crippen LogP contribution in [0, 0.1) is 11.8 Å². The second kappa shape index (κ2) is 27.4. The average molecular weight is 1170 g/mol. The Labute approximate surface area is 479 Å². The van der Waals surface area contributed by atoms with Gasteiger partial charge in [-0.1, -0.05) is 86.4 Å². The summed E-state index contributed by atoms with van der Waals surface area (Å²) in [6.07, 6.45) is 8.83. The monoisotopic (exact) mass is 1170 g/mol. The van der Waals surface area contributed by atoms with Gasteiger partial charge in [-0.15, -0.1) is 0 Å². The van der Waals surface area contributed by atoms with Gasteiger partial charge in [0.05, 0.1) is 12.6 Å². The maximum Gasteiger partial charge on any atom is 0.399 e. The minimum absolute atomic E-state index is 0.0512. The Kier molecular flexibility index (Phi) is 20.3. The molecule has 0 saturated carbocycles. The molecule has 83 heavy (non-hydrogen) atoms. The molecule has 0 radical (unpaired) electrons. The van der Waals surface area contributed by atoms with Crippen LogP contribution in [0.1, 0.15) is 145 Å². The summed E-state index contributed by atoms with van der Waals surface area (Å²) in [5.41, 5.74) is 3.10. The third-order valence-corrected chi connectivity index (χ3v) is 17.0. The number of halogens is 2. The van der Waals surface area contributed by atoms with E-state index in [1.165, 1.54) is 18.0 Å². The van der Waals surface area contributed by atoms with Crippen LogP contribution >= 0.6 is 7.60 Å². The van der Waals surface area contributed by atoms with Crippen LogP contribution in [-0.4, -0.2) is 152 Å². The quantitative estimate of drug-likeness (QED) is 0.0209. The minimum atomic E-state index is -5.86. The molecule has 3 fully saturated rings. The molecule has 8 N–H and O–H groups in total. The molecule has 4 aromatic rings. The first kappa shape index (κ1) is 61.7. The second-order valence-electron chi connectivity index (χ2n) is 21.9. The number of hydrogen-bond acceptors (Lipinski definition) is 11. The number of H-pyrrole nitrogens is 1. The Balaban J connectivity index is 0.799. The number of nitrogens with one attached hydrogen (secondary N) is 4. The molecule has 1 unspecified atom stereocenters. The summed E-state index contributed by atoms with van der Waals surface area (Å²) in [5.74, 6) is 2.45. The van der Waals surface area contributed by atoms with Gasteiger partial charge in [0.2, 0.25) is 29.5 Å².